The van der Waals surface area contributed by atoms with E-state index in [0.29, 0.717) is 0 Å². The van der Waals surface area contributed by atoms with Crippen LogP contribution in [0.15, 0.2) is 0 Å². The van der Waals surface area contributed by atoms with Crippen molar-refractivity contribution in [1.82, 2.24) is 0 Å². The van der Waals surface area contributed by atoms with Crippen LogP contribution in [0.3, 0.4) is 0 Å². The van der Waals surface area contributed by atoms with E-state index in [4.69, 9.17) is 0 Å². The van der Waals surface area contributed by atoms with Crippen molar-refractivity contribution >= 4 is 0 Å². The van der Waals surface area contributed by atoms with Gasteiger partial charge in [-0.25, -0.2) is 5.11 Å². The number of hydrogen-bond donors (Lipinski definition) is 0. The molecule has 0 aromatic rings. The predicted molar refractivity (Wildman–Crippen MR) is 27.7 cm³/mol. The molecule has 0 saturated heterocycles. The van der Waals surface area contributed by atoms with Crippen molar-refractivity contribution in [2.45, 2.75) is 26.1 Å². The Bertz CT molecular complexity index is 103. The molecule has 0 aliphatic carbocycles. The maximum absolute atomic E-state index is 10.3. The Morgan fingerprint density at radius 1 is 1.56 bits per heavy atom. The molecule has 2 unspecified atom stereocenters. The van der Waals surface area contributed by atoms with Crippen molar-refractivity contribution < 1.29 is 15.0 Å². The standard InChI is InChI=1S/C4H8NO4/c1-3(6)4(2)9-5(7)8/h3-4H,1-2H3. The Balaban J connectivity index is 3.50. The van der Waals surface area contributed by atoms with Gasteiger partial charge in [-0.3, -0.25) is 0 Å². The van der Waals surface area contributed by atoms with E-state index in [1.165, 1.54) is 13.8 Å². The second-order valence-electron chi connectivity index (χ2n) is 1.74. The van der Waals surface area contributed by atoms with Gasteiger partial charge in [-0.15, -0.1) is 10.1 Å². The van der Waals surface area contributed by atoms with E-state index in [2.05, 4.69) is 4.84 Å². The summed E-state index contributed by atoms with van der Waals surface area (Å²) in [6.45, 7) is 2.68. The third-order valence-electron chi connectivity index (χ3n) is 0.913. The Morgan fingerprint density at radius 3 is 2.11 bits per heavy atom. The van der Waals surface area contributed by atoms with E-state index in [0.717, 1.165) is 0 Å². The van der Waals surface area contributed by atoms with Gasteiger partial charge in [-0.2, -0.15) is 0 Å². The molecule has 0 aromatic heterocycles. The van der Waals surface area contributed by atoms with E-state index in [-0.39, 0.29) is 0 Å². The molecular weight excluding hydrogens is 126 g/mol. The largest absolute Gasteiger partial charge is 0.308 e. The number of hydrogen-bond acceptors (Lipinski definition) is 3. The van der Waals surface area contributed by atoms with Gasteiger partial charge in [0.15, 0.2) is 0 Å². The van der Waals surface area contributed by atoms with Gasteiger partial charge in [0.1, 0.15) is 12.2 Å². The van der Waals surface area contributed by atoms with Gasteiger partial charge in [0.05, 0.1) is 0 Å². The Labute approximate surface area is 52.3 Å². The van der Waals surface area contributed by atoms with Crippen LogP contribution >= 0.6 is 0 Å². The zero-order valence-electron chi connectivity index (χ0n) is 5.23. The molecule has 0 heterocycles. The fourth-order valence-corrected chi connectivity index (χ4v) is 0.221. The molecule has 0 fully saturated rings. The van der Waals surface area contributed by atoms with Gasteiger partial charge in [0, 0.05) is 0 Å². The normalized spacial score (nSPS) is 16.3. The SMILES string of the molecule is CC([O])C(C)O[N+](=O)[O-]. The van der Waals surface area contributed by atoms with Crippen LogP contribution in [0.1, 0.15) is 13.8 Å². The highest BCUT2D eigenvalue weighted by atomic mass is 17.0. The minimum atomic E-state index is -1.06. The highest BCUT2D eigenvalue weighted by molar-refractivity contribution is 4.52. The number of nitrogens with zero attached hydrogens (tertiary/aromatic N) is 1. The topological polar surface area (TPSA) is 72.3 Å². The molecule has 0 aliphatic heterocycles. The lowest BCUT2D eigenvalue weighted by Gasteiger charge is -2.08. The zero-order chi connectivity index (χ0) is 7.44. The zero-order valence-corrected chi connectivity index (χ0v) is 5.23. The third-order valence-corrected chi connectivity index (χ3v) is 0.913. The van der Waals surface area contributed by atoms with Gasteiger partial charge >= 0.3 is 0 Å². The molecule has 0 aromatic carbocycles. The van der Waals surface area contributed by atoms with Crippen molar-refractivity contribution in [3.05, 3.63) is 10.1 Å². The first-order valence-corrected chi connectivity index (χ1v) is 2.51. The average Bonchev–Trinajstić information content (AvgIpc) is 1.63. The monoisotopic (exact) mass is 134 g/mol. The third kappa shape index (κ3) is 3.72. The lowest BCUT2D eigenvalue weighted by Crippen LogP contribution is -2.24. The van der Waals surface area contributed by atoms with Crippen LogP contribution in [-0.2, 0) is 9.94 Å². The second-order valence-corrected chi connectivity index (χ2v) is 1.74. The molecule has 5 nitrogen and oxygen atoms in total. The molecule has 0 rings (SSSR count). The molecule has 53 valence electrons. The van der Waals surface area contributed by atoms with E-state index < -0.39 is 17.3 Å². The summed E-state index contributed by atoms with van der Waals surface area (Å²) in [5, 5.41) is 18.9. The van der Waals surface area contributed by atoms with Crippen LogP contribution in [0.5, 0.6) is 0 Å². The van der Waals surface area contributed by atoms with Crippen molar-refractivity contribution in [2.24, 2.45) is 0 Å². The first kappa shape index (κ1) is 8.16. The van der Waals surface area contributed by atoms with E-state index in [1.54, 1.807) is 0 Å². The summed E-state index contributed by atoms with van der Waals surface area (Å²) in [6.07, 6.45) is -1.92. The van der Waals surface area contributed by atoms with Crippen molar-refractivity contribution in [3.63, 3.8) is 0 Å². The van der Waals surface area contributed by atoms with Gasteiger partial charge in [-0.05, 0) is 13.8 Å². The quantitative estimate of drug-likeness (QED) is 0.414. The summed E-state index contributed by atoms with van der Waals surface area (Å²) >= 11 is 0. The molecule has 0 saturated carbocycles. The van der Waals surface area contributed by atoms with Crippen molar-refractivity contribution in [1.29, 1.82) is 0 Å². The van der Waals surface area contributed by atoms with Gasteiger partial charge in [0.2, 0.25) is 0 Å². The second kappa shape index (κ2) is 3.24. The summed E-state index contributed by atoms with van der Waals surface area (Å²) in [5.74, 6) is 0. The molecular formula is C4H8NO4. The predicted octanol–water partition coefficient (Wildman–Crippen LogP) is 0.402. The summed E-state index contributed by atoms with van der Waals surface area (Å²) in [5.41, 5.74) is 0. The molecule has 5 heteroatoms. The van der Waals surface area contributed by atoms with Gasteiger partial charge in [-0.1, -0.05) is 0 Å². The van der Waals surface area contributed by atoms with Crippen LogP contribution in [0, 0.1) is 10.1 Å². The smallest absolute Gasteiger partial charge is 0.294 e. The van der Waals surface area contributed by atoms with Crippen LogP contribution in [0.4, 0.5) is 0 Å². The molecule has 0 bridgehead atoms. The van der Waals surface area contributed by atoms with Crippen LogP contribution in [-0.4, -0.2) is 17.3 Å². The Morgan fingerprint density at radius 2 is 2.00 bits per heavy atom. The highest BCUT2D eigenvalue weighted by Gasteiger charge is 2.13. The lowest BCUT2D eigenvalue weighted by molar-refractivity contribution is -0.769. The van der Waals surface area contributed by atoms with Gasteiger partial charge in [0.25, 0.3) is 5.09 Å². The van der Waals surface area contributed by atoms with E-state index >= 15 is 0 Å². The Hall–Kier alpha value is -0.840. The minimum absolute atomic E-state index is 0.861. The van der Waals surface area contributed by atoms with Crippen LogP contribution in [0.2, 0.25) is 0 Å². The lowest BCUT2D eigenvalue weighted by atomic mass is 10.3. The first-order valence-electron chi connectivity index (χ1n) is 2.51. The minimum Gasteiger partial charge on any atom is -0.308 e. The van der Waals surface area contributed by atoms with Gasteiger partial charge < -0.3 is 4.84 Å². The number of rotatable bonds is 3. The highest BCUT2D eigenvalue weighted by Crippen LogP contribution is 1.96. The van der Waals surface area contributed by atoms with Crippen molar-refractivity contribution in [2.75, 3.05) is 0 Å². The summed E-state index contributed by atoms with van der Waals surface area (Å²) in [7, 11) is 0. The molecule has 0 N–H and O–H groups in total. The van der Waals surface area contributed by atoms with E-state index in [9.17, 15) is 15.2 Å². The van der Waals surface area contributed by atoms with Crippen LogP contribution < -0.4 is 0 Å². The van der Waals surface area contributed by atoms with Crippen molar-refractivity contribution in [3.8, 4) is 0 Å². The van der Waals surface area contributed by atoms with Crippen LogP contribution in [0.25, 0.3) is 0 Å². The molecule has 0 spiro atoms. The summed E-state index contributed by atoms with van der Waals surface area (Å²) in [6, 6.07) is 0. The summed E-state index contributed by atoms with van der Waals surface area (Å²) in [4.78, 5) is 13.5. The average molecular weight is 134 g/mol. The maximum Gasteiger partial charge on any atom is 0.294 e. The molecule has 9 heavy (non-hydrogen) atoms. The molecule has 1 radical (unpaired) electrons. The first-order chi connectivity index (χ1) is 4.04. The maximum atomic E-state index is 10.3. The fraction of sp³-hybridized carbons (Fsp3) is 1.00. The molecule has 2 atom stereocenters. The Kier molecular flexibility index (Phi) is 2.94. The molecule has 0 aliphatic rings. The fourth-order valence-electron chi connectivity index (χ4n) is 0.221. The summed E-state index contributed by atoms with van der Waals surface area (Å²) < 4.78 is 0. The van der Waals surface area contributed by atoms with E-state index in [1.807, 2.05) is 0 Å². The molecule has 0 amide bonds.